The highest BCUT2D eigenvalue weighted by atomic mass is 32.1. The van der Waals surface area contributed by atoms with Crippen molar-refractivity contribution in [1.82, 2.24) is 9.80 Å². The summed E-state index contributed by atoms with van der Waals surface area (Å²) in [5, 5.41) is 9.27. The Labute approximate surface area is 172 Å². The topological polar surface area (TPSA) is 70.1 Å². The molecule has 0 bridgehead atoms. The zero-order valence-electron chi connectivity index (χ0n) is 16.4. The molecule has 2 aliphatic heterocycles. The first-order valence-corrected chi connectivity index (χ1v) is 10.4. The molecular formula is C19H27F3N2O4S. The Morgan fingerprint density at radius 1 is 1.31 bits per heavy atom. The number of carboxylic acids is 1. The minimum Gasteiger partial charge on any atom is -0.475 e. The van der Waals surface area contributed by atoms with Gasteiger partial charge in [-0.2, -0.15) is 13.2 Å². The second-order valence-corrected chi connectivity index (χ2v) is 8.31. The number of carboxylic acid groups (broad SMARTS) is 1. The van der Waals surface area contributed by atoms with Crippen LogP contribution in [0.1, 0.15) is 37.0 Å². The number of rotatable bonds is 5. The Hall–Kier alpha value is -1.65. The molecule has 1 N–H and O–H groups in total. The fraction of sp³-hybridized carbons (Fsp3) is 0.684. The monoisotopic (exact) mass is 436 g/mol. The van der Waals surface area contributed by atoms with Crippen LogP contribution in [0.25, 0.3) is 0 Å². The summed E-state index contributed by atoms with van der Waals surface area (Å²) in [5.41, 5.74) is 0.0970. The Balaban J connectivity index is 0.000000370. The first-order chi connectivity index (χ1) is 13.7. The van der Waals surface area contributed by atoms with Crippen LogP contribution in [0.3, 0.4) is 0 Å². The summed E-state index contributed by atoms with van der Waals surface area (Å²) in [6.45, 7) is 4.69. The van der Waals surface area contributed by atoms with Gasteiger partial charge in [0, 0.05) is 43.6 Å². The Morgan fingerprint density at radius 2 is 2.03 bits per heavy atom. The fourth-order valence-corrected chi connectivity index (χ4v) is 4.70. The largest absolute Gasteiger partial charge is 0.490 e. The highest BCUT2D eigenvalue weighted by Gasteiger charge is 2.45. The molecule has 164 valence electrons. The lowest BCUT2D eigenvalue weighted by Crippen LogP contribution is -2.47. The van der Waals surface area contributed by atoms with Crippen molar-refractivity contribution in [2.45, 2.75) is 50.4 Å². The number of carbonyl (C=O) groups is 2. The number of hydrogen-bond acceptors (Lipinski definition) is 5. The third-order valence-corrected chi connectivity index (χ3v) is 6.27. The molecule has 1 amide bonds. The standard InChI is InChI=1S/C17H26N2O2S.C2HF3O2/c1-21-12-11-19-16(20)5-7-17(19)6-3-9-18(10-8-17)14-15-4-2-13-22-15;3-2(4,5)1(6)7/h2,4,13H,3,5-12,14H2,1H3;(H,6,7). The number of carbonyl (C=O) groups excluding carboxylic acids is 1. The number of nitrogens with zero attached hydrogens (tertiary/aromatic N) is 2. The summed E-state index contributed by atoms with van der Waals surface area (Å²) in [6.07, 6.45) is 0.0936. The molecule has 1 atom stereocenters. The number of aliphatic carboxylic acids is 1. The maximum absolute atomic E-state index is 12.3. The molecular weight excluding hydrogens is 409 g/mol. The van der Waals surface area contributed by atoms with Gasteiger partial charge < -0.3 is 14.7 Å². The molecule has 2 aliphatic rings. The van der Waals surface area contributed by atoms with Gasteiger partial charge in [0.25, 0.3) is 0 Å². The fourth-order valence-electron chi connectivity index (χ4n) is 3.95. The predicted octanol–water partition coefficient (Wildman–Crippen LogP) is 3.37. The van der Waals surface area contributed by atoms with E-state index in [-0.39, 0.29) is 5.54 Å². The maximum Gasteiger partial charge on any atom is 0.490 e. The van der Waals surface area contributed by atoms with E-state index >= 15 is 0 Å². The minimum absolute atomic E-state index is 0.0970. The van der Waals surface area contributed by atoms with Crippen molar-refractivity contribution in [2.24, 2.45) is 0 Å². The van der Waals surface area contributed by atoms with Crippen LogP contribution in [0.4, 0.5) is 13.2 Å². The number of likely N-dealkylation sites (tertiary alicyclic amines) is 2. The van der Waals surface area contributed by atoms with Crippen molar-refractivity contribution in [2.75, 3.05) is 33.4 Å². The Morgan fingerprint density at radius 3 is 2.62 bits per heavy atom. The van der Waals surface area contributed by atoms with E-state index < -0.39 is 12.1 Å². The Kier molecular flexibility index (Phi) is 8.47. The van der Waals surface area contributed by atoms with Crippen LogP contribution >= 0.6 is 11.3 Å². The number of thiophene rings is 1. The number of halogens is 3. The quantitative estimate of drug-likeness (QED) is 0.767. The van der Waals surface area contributed by atoms with Crippen LogP contribution < -0.4 is 0 Å². The van der Waals surface area contributed by atoms with Crippen molar-refractivity contribution in [3.05, 3.63) is 22.4 Å². The zero-order valence-corrected chi connectivity index (χ0v) is 17.2. The van der Waals surface area contributed by atoms with Gasteiger partial charge in [-0.1, -0.05) is 6.07 Å². The zero-order chi connectivity index (χ0) is 21.5. The van der Waals surface area contributed by atoms with Gasteiger partial charge in [0.15, 0.2) is 0 Å². The lowest BCUT2D eigenvalue weighted by atomic mass is 9.88. The molecule has 1 spiro atoms. The summed E-state index contributed by atoms with van der Waals surface area (Å²) in [7, 11) is 1.71. The van der Waals surface area contributed by atoms with Gasteiger partial charge in [-0.25, -0.2) is 4.79 Å². The van der Waals surface area contributed by atoms with Gasteiger partial charge in [0.1, 0.15) is 0 Å². The molecule has 0 radical (unpaired) electrons. The van der Waals surface area contributed by atoms with E-state index in [9.17, 15) is 18.0 Å². The molecule has 29 heavy (non-hydrogen) atoms. The van der Waals surface area contributed by atoms with Crippen LogP contribution in [-0.4, -0.2) is 71.8 Å². The van der Waals surface area contributed by atoms with Crippen molar-refractivity contribution in [3.8, 4) is 0 Å². The van der Waals surface area contributed by atoms with E-state index in [4.69, 9.17) is 14.6 Å². The minimum atomic E-state index is -5.08. The molecule has 3 rings (SSSR count). The van der Waals surface area contributed by atoms with Gasteiger partial charge in [-0.3, -0.25) is 9.69 Å². The Bertz CT molecular complexity index is 669. The molecule has 0 aromatic carbocycles. The summed E-state index contributed by atoms with van der Waals surface area (Å²) in [5.74, 6) is -2.43. The van der Waals surface area contributed by atoms with E-state index in [2.05, 4.69) is 27.3 Å². The maximum atomic E-state index is 12.3. The molecule has 6 nitrogen and oxygen atoms in total. The van der Waals surface area contributed by atoms with Gasteiger partial charge in [0.2, 0.25) is 5.91 Å². The van der Waals surface area contributed by atoms with Crippen LogP contribution in [0.15, 0.2) is 17.5 Å². The van der Waals surface area contributed by atoms with Crippen LogP contribution in [0, 0.1) is 0 Å². The molecule has 2 saturated heterocycles. The molecule has 0 saturated carbocycles. The summed E-state index contributed by atoms with van der Waals surface area (Å²) >= 11 is 1.84. The summed E-state index contributed by atoms with van der Waals surface area (Å²) < 4.78 is 36.9. The van der Waals surface area contributed by atoms with Crippen molar-refractivity contribution >= 4 is 23.2 Å². The van der Waals surface area contributed by atoms with Gasteiger partial charge in [0.05, 0.1) is 6.61 Å². The van der Waals surface area contributed by atoms with E-state index in [1.165, 1.54) is 11.3 Å². The van der Waals surface area contributed by atoms with Crippen molar-refractivity contribution in [1.29, 1.82) is 0 Å². The average Bonchev–Trinajstić information content (AvgIpc) is 3.20. The van der Waals surface area contributed by atoms with Crippen molar-refractivity contribution in [3.63, 3.8) is 0 Å². The lowest BCUT2D eigenvalue weighted by Gasteiger charge is -2.38. The van der Waals surface area contributed by atoms with E-state index in [0.717, 1.165) is 45.4 Å². The predicted molar refractivity (Wildman–Crippen MR) is 103 cm³/mol. The smallest absolute Gasteiger partial charge is 0.475 e. The van der Waals surface area contributed by atoms with E-state index in [1.807, 2.05) is 11.3 Å². The molecule has 10 heteroatoms. The highest BCUT2D eigenvalue weighted by molar-refractivity contribution is 7.09. The SMILES string of the molecule is COCCN1C(=O)CCC12CCCN(Cc1cccs1)CC2.O=C(O)C(F)(F)F. The summed E-state index contributed by atoms with van der Waals surface area (Å²) in [6, 6.07) is 4.34. The van der Waals surface area contributed by atoms with E-state index in [0.29, 0.717) is 18.9 Å². The molecule has 0 aliphatic carbocycles. The molecule has 2 fully saturated rings. The second kappa shape index (κ2) is 10.4. The summed E-state index contributed by atoms with van der Waals surface area (Å²) in [4.78, 5) is 27.3. The number of hydrogen-bond donors (Lipinski definition) is 1. The van der Waals surface area contributed by atoms with Crippen molar-refractivity contribution < 1.29 is 32.6 Å². The number of alkyl halides is 3. The number of amides is 1. The molecule has 1 aromatic rings. The van der Waals surface area contributed by atoms with Gasteiger partial charge in [-0.05, 0) is 43.7 Å². The van der Waals surface area contributed by atoms with Crippen LogP contribution in [-0.2, 0) is 20.9 Å². The number of methoxy groups -OCH3 is 1. The normalized spacial score (nSPS) is 23.0. The van der Waals surface area contributed by atoms with Gasteiger partial charge >= 0.3 is 12.1 Å². The molecule has 3 heterocycles. The first kappa shape index (κ1) is 23.6. The molecule has 1 unspecified atom stereocenters. The molecule has 1 aromatic heterocycles. The van der Waals surface area contributed by atoms with E-state index in [1.54, 1.807) is 7.11 Å². The average molecular weight is 436 g/mol. The second-order valence-electron chi connectivity index (χ2n) is 7.27. The lowest BCUT2D eigenvalue weighted by molar-refractivity contribution is -0.192. The third kappa shape index (κ3) is 6.68. The van der Waals surface area contributed by atoms with Gasteiger partial charge in [-0.15, -0.1) is 11.3 Å². The number of ether oxygens (including phenoxy) is 1. The highest BCUT2D eigenvalue weighted by Crippen LogP contribution is 2.39. The first-order valence-electron chi connectivity index (χ1n) is 9.52. The van der Waals surface area contributed by atoms with Crippen LogP contribution in [0.2, 0.25) is 0 Å². The van der Waals surface area contributed by atoms with Crippen LogP contribution in [0.5, 0.6) is 0 Å². The third-order valence-electron chi connectivity index (χ3n) is 5.41.